The van der Waals surface area contributed by atoms with Crippen LogP contribution in [0.2, 0.25) is 0 Å². The van der Waals surface area contributed by atoms with Crippen LogP contribution in [0, 0.1) is 5.41 Å². The summed E-state index contributed by atoms with van der Waals surface area (Å²) in [5.41, 5.74) is 16.4. The molecule has 0 spiro atoms. The number of aliphatic hydroxyl groups excluding tert-OH is 1. The van der Waals surface area contributed by atoms with Crippen LogP contribution in [-0.4, -0.2) is 44.9 Å². The molecule has 1 unspecified atom stereocenters. The number of nitrogens with zero attached hydrogens (tertiary/aromatic N) is 3. The normalized spacial score (nSPS) is 20.0. The number of hydrogen-bond acceptors (Lipinski definition) is 6. The second-order valence-corrected chi connectivity index (χ2v) is 5.89. The van der Waals surface area contributed by atoms with E-state index in [2.05, 4.69) is 5.10 Å². The van der Waals surface area contributed by atoms with Gasteiger partial charge in [-0.2, -0.15) is 5.10 Å². The number of rotatable bonds is 3. The van der Waals surface area contributed by atoms with Gasteiger partial charge in [-0.05, 0) is 6.08 Å². The molecule has 7 heteroatoms. The maximum absolute atomic E-state index is 9.58. The molecule has 1 aliphatic heterocycles. The van der Waals surface area contributed by atoms with Crippen LogP contribution in [0.25, 0.3) is 6.08 Å². The molecule has 23 heavy (non-hydrogen) atoms. The minimum atomic E-state index is -1.03. The molecule has 122 valence electrons. The van der Waals surface area contributed by atoms with Gasteiger partial charge in [-0.1, -0.05) is 12.2 Å². The predicted molar refractivity (Wildman–Crippen MR) is 89.4 cm³/mol. The minimum Gasteiger partial charge on any atom is -0.402 e. The van der Waals surface area contributed by atoms with Gasteiger partial charge in [0, 0.05) is 61.1 Å². The molecule has 0 saturated carbocycles. The van der Waals surface area contributed by atoms with Crippen molar-refractivity contribution in [2.45, 2.75) is 19.2 Å². The Labute approximate surface area is 135 Å². The smallest absolute Gasteiger partial charge is 0.160 e. The van der Waals surface area contributed by atoms with Crippen LogP contribution in [0.4, 0.5) is 0 Å². The van der Waals surface area contributed by atoms with Crippen LogP contribution < -0.4 is 11.5 Å². The number of nitrogens with one attached hydrogen (secondary N) is 1. The van der Waals surface area contributed by atoms with Gasteiger partial charge < -0.3 is 10.8 Å². The zero-order valence-corrected chi connectivity index (χ0v) is 13.2. The second kappa shape index (κ2) is 6.11. The number of aliphatic hydroxyl groups is 1. The first-order valence-corrected chi connectivity index (χ1v) is 7.61. The van der Waals surface area contributed by atoms with E-state index in [0.29, 0.717) is 30.9 Å². The standard InChI is InChI=1S/C16H22N6O/c1-21-14-4-2-3-10(7-11(14)8-20-21)15(18)12-9-22(16(19)23)6-5-13(12)17/h2-3,7-8,16,18,23H,4-6,9,17,19H2,1H3. The van der Waals surface area contributed by atoms with Crippen molar-refractivity contribution in [1.29, 1.82) is 5.41 Å². The molecule has 1 aromatic heterocycles. The fourth-order valence-corrected chi connectivity index (χ4v) is 2.96. The SMILES string of the molecule is Cn1ncc2c1CC=CC(C(=N)C1=C(N)CCN(C(N)O)C1)=C2. The summed E-state index contributed by atoms with van der Waals surface area (Å²) in [7, 11) is 1.92. The predicted octanol–water partition coefficient (Wildman–Crippen LogP) is 0.0887. The molecule has 0 radical (unpaired) electrons. The third-order valence-corrected chi connectivity index (χ3v) is 4.40. The molecule has 0 bridgehead atoms. The van der Waals surface area contributed by atoms with Crippen molar-refractivity contribution in [2.75, 3.05) is 13.1 Å². The molecule has 2 aliphatic rings. The van der Waals surface area contributed by atoms with Gasteiger partial charge in [-0.25, -0.2) is 0 Å². The summed E-state index contributed by atoms with van der Waals surface area (Å²) in [6.07, 6.45) is 8.09. The summed E-state index contributed by atoms with van der Waals surface area (Å²) in [6, 6.07) is 0. The highest BCUT2D eigenvalue weighted by Crippen LogP contribution is 2.24. The third kappa shape index (κ3) is 2.98. The molecule has 6 N–H and O–H groups in total. The number of hydrogen-bond donors (Lipinski definition) is 4. The number of fused-ring (bicyclic) bond motifs is 1. The quantitative estimate of drug-likeness (QED) is 0.466. The van der Waals surface area contributed by atoms with E-state index in [0.717, 1.165) is 28.8 Å². The van der Waals surface area contributed by atoms with Gasteiger partial charge in [0.2, 0.25) is 0 Å². The fraction of sp³-hybridized carbons (Fsp3) is 0.375. The van der Waals surface area contributed by atoms with Gasteiger partial charge in [0.15, 0.2) is 6.35 Å². The number of allylic oxidation sites excluding steroid dienone is 3. The maximum Gasteiger partial charge on any atom is 0.160 e. The largest absolute Gasteiger partial charge is 0.402 e. The van der Waals surface area contributed by atoms with Gasteiger partial charge >= 0.3 is 0 Å². The average molecular weight is 314 g/mol. The second-order valence-electron chi connectivity index (χ2n) is 5.89. The van der Waals surface area contributed by atoms with Gasteiger partial charge in [-0.3, -0.25) is 20.7 Å². The Kier molecular flexibility index (Phi) is 4.16. The Morgan fingerprint density at radius 1 is 1.48 bits per heavy atom. The Morgan fingerprint density at radius 3 is 3.00 bits per heavy atom. The molecule has 1 aliphatic carbocycles. The molecular weight excluding hydrogens is 292 g/mol. The van der Waals surface area contributed by atoms with E-state index in [1.807, 2.05) is 36.2 Å². The van der Waals surface area contributed by atoms with Crippen molar-refractivity contribution in [2.24, 2.45) is 18.5 Å². The van der Waals surface area contributed by atoms with Gasteiger partial charge in [-0.15, -0.1) is 0 Å². The van der Waals surface area contributed by atoms with Crippen molar-refractivity contribution < 1.29 is 5.11 Å². The van der Waals surface area contributed by atoms with Crippen LogP contribution in [0.3, 0.4) is 0 Å². The van der Waals surface area contributed by atoms with Crippen LogP contribution in [-0.2, 0) is 13.5 Å². The monoisotopic (exact) mass is 314 g/mol. The van der Waals surface area contributed by atoms with Crippen LogP contribution in [0.1, 0.15) is 17.7 Å². The van der Waals surface area contributed by atoms with E-state index in [1.54, 1.807) is 4.90 Å². The minimum absolute atomic E-state index is 0.376. The van der Waals surface area contributed by atoms with Gasteiger partial charge in [0.05, 0.1) is 11.9 Å². The summed E-state index contributed by atoms with van der Waals surface area (Å²) in [6.45, 7) is 0.981. The van der Waals surface area contributed by atoms with E-state index in [-0.39, 0.29) is 0 Å². The summed E-state index contributed by atoms with van der Waals surface area (Å²) >= 11 is 0. The molecular formula is C16H22N6O. The average Bonchev–Trinajstić information content (AvgIpc) is 2.74. The van der Waals surface area contributed by atoms with Gasteiger partial charge in [0.1, 0.15) is 0 Å². The van der Waals surface area contributed by atoms with Crippen molar-refractivity contribution in [3.8, 4) is 0 Å². The zero-order valence-electron chi connectivity index (χ0n) is 13.2. The topological polar surface area (TPSA) is 117 Å². The first-order chi connectivity index (χ1) is 11.0. The Hall–Kier alpha value is -2.22. The van der Waals surface area contributed by atoms with Crippen LogP contribution >= 0.6 is 0 Å². The summed E-state index contributed by atoms with van der Waals surface area (Å²) < 4.78 is 1.85. The molecule has 0 aromatic carbocycles. The highest BCUT2D eigenvalue weighted by atomic mass is 16.3. The first-order valence-electron chi connectivity index (χ1n) is 7.61. The molecule has 0 amide bonds. The van der Waals surface area contributed by atoms with E-state index in [4.69, 9.17) is 16.9 Å². The molecule has 1 atom stereocenters. The lowest BCUT2D eigenvalue weighted by atomic mass is 9.95. The highest BCUT2D eigenvalue weighted by molar-refractivity contribution is 6.15. The molecule has 1 aromatic rings. The van der Waals surface area contributed by atoms with Crippen LogP contribution in [0.5, 0.6) is 0 Å². The summed E-state index contributed by atoms with van der Waals surface area (Å²) in [5.74, 6) is 0. The Balaban J connectivity index is 1.92. The third-order valence-electron chi connectivity index (χ3n) is 4.40. The number of aryl methyl sites for hydroxylation is 1. The Bertz CT molecular complexity index is 725. The molecule has 0 saturated heterocycles. The lowest BCUT2D eigenvalue weighted by molar-refractivity contribution is 0.0136. The maximum atomic E-state index is 9.58. The van der Waals surface area contributed by atoms with Crippen molar-refractivity contribution in [3.63, 3.8) is 0 Å². The number of nitrogens with two attached hydrogens (primary N) is 2. The first kappa shape index (κ1) is 15.7. The van der Waals surface area contributed by atoms with E-state index in [9.17, 15) is 5.11 Å². The van der Waals surface area contributed by atoms with Crippen molar-refractivity contribution in [1.82, 2.24) is 14.7 Å². The van der Waals surface area contributed by atoms with Crippen molar-refractivity contribution in [3.05, 3.63) is 46.4 Å². The highest BCUT2D eigenvalue weighted by Gasteiger charge is 2.24. The zero-order chi connectivity index (χ0) is 16.6. The van der Waals surface area contributed by atoms with E-state index in [1.165, 1.54) is 0 Å². The lowest BCUT2D eigenvalue weighted by Gasteiger charge is -2.31. The van der Waals surface area contributed by atoms with Crippen LogP contribution in [0.15, 0.2) is 35.2 Å². The van der Waals surface area contributed by atoms with E-state index >= 15 is 0 Å². The number of aromatic nitrogens is 2. The van der Waals surface area contributed by atoms with Gasteiger partial charge in [0.25, 0.3) is 0 Å². The lowest BCUT2D eigenvalue weighted by Crippen LogP contribution is -2.47. The van der Waals surface area contributed by atoms with E-state index < -0.39 is 6.35 Å². The summed E-state index contributed by atoms with van der Waals surface area (Å²) in [4.78, 5) is 1.71. The fourth-order valence-electron chi connectivity index (χ4n) is 2.96. The molecule has 2 heterocycles. The molecule has 0 fully saturated rings. The van der Waals surface area contributed by atoms with Crippen molar-refractivity contribution >= 4 is 11.8 Å². The summed E-state index contributed by atoms with van der Waals surface area (Å²) in [5, 5.41) is 22.4. The molecule has 3 rings (SSSR count). The Morgan fingerprint density at radius 2 is 2.26 bits per heavy atom. The molecule has 7 nitrogen and oxygen atoms in total.